The van der Waals surface area contributed by atoms with Gasteiger partial charge < -0.3 is 4.57 Å². The van der Waals surface area contributed by atoms with E-state index in [1.807, 2.05) is 91.0 Å². The van der Waals surface area contributed by atoms with Crippen molar-refractivity contribution in [1.29, 1.82) is 0 Å². The van der Waals surface area contributed by atoms with Crippen LogP contribution in [-0.4, -0.2) is 19.5 Å². The summed E-state index contributed by atoms with van der Waals surface area (Å²) in [5.41, 5.74) is 6.98. The van der Waals surface area contributed by atoms with Crippen LogP contribution in [0.4, 0.5) is 0 Å². The molecular weight excluding hydrogens is 701 g/mol. The topological polar surface area (TPSA) is 43.6 Å². The summed E-state index contributed by atoms with van der Waals surface area (Å²) >= 11 is 1.73. The minimum Gasteiger partial charge on any atom is -0.309 e. The fourth-order valence-electron chi connectivity index (χ4n) is 7.69. The highest BCUT2D eigenvalue weighted by Crippen LogP contribution is 2.43. The maximum absolute atomic E-state index is 9.28. The highest BCUT2D eigenvalue weighted by atomic mass is 32.1. The second-order valence-electron chi connectivity index (χ2n) is 13.5. The third-order valence-electron chi connectivity index (χ3n) is 10.2. The lowest BCUT2D eigenvalue weighted by molar-refractivity contribution is 1.06. The number of fused-ring (bicyclic) bond motifs is 6. The van der Waals surface area contributed by atoms with E-state index < -0.39 is 0 Å². The Morgan fingerprint density at radius 3 is 1.75 bits per heavy atom. The molecule has 0 amide bonds. The van der Waals surface area contributed by atoms with Gasteiger partial charge in [0, 0.05) is 47.6 Å². The Hall–Kier alpha value is -7.21. The van der Waals surface area contributed by atoms with Crippen molar-refractivity contribution in [2.45, 2.75) is 0 Å². The molecule has 3 heterocycles. The van der Waals surface area contributed by atoms with E-state index in [1.54, 1.807) is 15.9 Å². The molecule has 0 N–H and O–H groups in total. The Kier molecular flexibility index (Phi) is 6.29. The van der Waals surface area contributed by atoms with Gasteiger partial charge in [-0.1, -0.05) is 164 Å². The van der Waals surface area contributed by atoms with Gasteiger partial charge in [-0.05, 0) is 52.5 Å². The minimum absolute atomic E-state index is 0.0503. The third-order valence-corrected chi connectivity index (χ3v) is 11.5. The van der Waals surface area contributed by atoms with Gasteiger partial charge in [-0.2, -0.15) is 0 Å². The van der Waals surface area contributed by atoms with Gasteiger partial charge in [0.1, 0.15) is 0 Å². The molecule has 0 atom stereocenters. The van der Waals surface area contributed by atoms with Gasteiger partial charge in [-0.3, -0.25) is 0 Å². The third kappa shape index (κ3) is 5.32. The van der Waals surface area contributed by atoms with Gasteiger partial charge in [0.15, 0.2) is 17.5 Å². The van der Waals surface area contributed by atoms with Gasteiger partial charge >= 0.3 is 0 Å². The monoisotopic (exact) mass is 738 g/mol. The van der Waals surface area contributed by atoms with E-state index in [-0.39, 0.29) is 58.1 Å². The van der Waals surface area contributed by atoms with Crippen LogP contribution in [0.1, 0.15) is 8.22 Å². The van der Waals surface area contributed by atoms with E-state index in [4.69, 9.17) is 20.4 Å². The van der Waals surface area contributed by atoms with Gasteiger partial charge in [-0.25, -0.2) is 15.0 Å². The van der Waals surface area contributed by atoms with Gasteiger partial charge in [0.2, 0.25) is 0 Å². The van der Waals surface area contributed by atoms with Crippen molar-refractivity contribution in [3.63, 3.8) is 0 Å². The van der Waals surface area contributed by atoms with Crippen LogP contribution in [0.3, 0.4) is 0 Å². The Morgan fingerprint density at radius 1 is 0.411 bits per heavy atom. The maximum Gasteiger partial charge on any atom is 0.166 e. The van der Waals surface area contributed by atoms with Crippen LogP contribution in [0.5, 0.6) is 0 Å². The van der Waals surface area contributed by atoms with Gasteiger partial charge in [0.25, 0.3) is 0 Å². The molecule has 262 valence electrons. The molecule has 0 radical (unpaired) electrons. The van der Waals surface area contributed by atoms with E-state index in [2.05, 4.69) is 54.6 Å². The summed E-state index contributed by atoms with van der Waals surface area (Å²) in [7, 11) is 0. The van der Waals surface area contributed by atoms with E-state index >= 15 is 0 Å². The number of thiophene rings is 1. The summed E-state index contributed by atoms with van der Waals surface area (Å²) in [5.74, 6) is 1.22. The Bertz CT molecular complexity index is 3530. The number of hydrogen-bond donors (Lipinski definition) is 0. The number of benzene rings is 8. The van der Waals surface area contributed by atoms with Crippen LogP contribution in [0.2, 0.25) is 0 Å². The molecule has 8 aromatic carbocycles. The molecule has 0 spiro atoms. The zero-order valence-corrected chi connectivity index (χ0v) is 30.5. The Labute approximate surface area is 336 Å². The molecule has 56 heavy (non-hydrogen) atoms. The van der Waals surface area contributed by atoms with Crippen LogP contribution >= 0.6 is 11.3 Å². The van der Waals surface area contributed by atoms with Gasteiger partial charge in [-0.15, -0.1) is 11.3 Å². The average Bonchev–Trinajstić information content (AvgIpc) is 3.88. The number of rotatable bonds is 6. The van der Waals surface area contributed by atoms with Crippen molar-refractivity contribution < 1.29 is 8.22 Å². The van der Waals surface area contributed by atoms with E-state index in [0.717, 1.165) is 43.5 Å². The van der Waals surface area contributed by atoms with Crippen molar-refractivity contribution in [3.8, 4) is 62.1 Å². The quantitative estimate of drug-likeness (QED) is 0.171. The van der Waals surface area contributed by atoms with Crippen molar-refractivity contribution in [2.24, 2.45) is 0 Å². The van der Waals surface area contributed by atoms with Crippen LogP contribution in [0.15, 0.2) is 194 Å². The lowest BCUT2D eigenvalue weighted by atomic mass is 9.98. The first-order valence-corrected chi connectivity index (χ1v) is 19.1. The van der Waals surface area contributed by atoms with Crippen molar-refractivity contribution in [1.82, 2.24) is 19.5 Å². The molecule has 0 fully saturated rings. The normalized spacial score (nSPS) is 13.1. The van der Waals surface area contributed by atoms with Gasteiger partial charge in [0.05, 0.1) is 24.9 Å². The molecule has 0 aliphatic rings. The molecule has 0 saturated heterocycles. The average molecular weight is 739 g/mol. The van der Waals surface area contributed by atoms with E-state index in [9.17, 15) is 2.74 Å². The first kappa shape index (κ1) is 26.5. The largest absolute Gasteiger partial charge is 0.309 e. The highest BCUT2D eigenvalue weighted by Gasteiger charge is 2.22. The van der Waals surface area contributed by atoms with Crippen LogP contribution in [0.25, 0.3) is 104 Å². The number of nitrogens with zero attached hydrogens (tertiary/aromatic N) is 4. The summed E-state index contributed by atoms with van der Waals surface area (Å²) < 4.78 is 58.0. The molecule has 3 aromatic heterocycles. The molecular formula is C51H32N4S. The molecule has 11 aromatic rings. The lowest BCUT2D eigenvalue weighted by Gasteiger charge is -2.17. The SMILES string of the molecule is [2H]c1cc([2H])c2c(c1[2H])c1c([2H])c([2H])cc([2H])c1n2-c1ccc(-c2cccc3c2sc2ccccc23)cc1-c1nc(-c2ccccc2)nc(-c2ccccc2-c2ccccc2)n1. The van der Waals surface area contributed by atoms with Crippen molar-refractivity contribution in [3.05, 3.63) is 194 Å². The summed E-state index contributed by atoms with van der Waals surface area (Å²) in [6.07, 6.45) is 0. The molecule has 0 bridgehead atoms. The summed E-state index contributed by atoms with van der Waals surface area (Å²) in [5, 5.41) is 2.67. The predicted octanol–water partition coefficient (Wildman–Crippen LogP) is 13.7. The van der Waals surface area contributed by atoms with Crippen LogP contribution in [-0.2, 0) is 0 Å². The predicted molar refractivity (Wildman–Crippen MR) is 234 cm³/mol. The first-order chi connectivity index (χ1) is 30.2. The molecule has 11 rings (SSSR count). The summed E-state index contributed by atoms with van der Waals surface area (Å²) in [6, 6.07) is 50.3. The highest BCUT2D eigenvalue weighted by molar-refractivity contribution is 7.26. The van der Waals surface area contributed by atoms with Crippen molar-refractivity contribution >= 4 is 53.3 Å². The van der Waals surface area contributed by atoms with Crippen molar-refractivity contribution in [2.75, 3.05) is 0 Å². The van der Waals surface area contributed by atoms with E-state index in [1.165, 1.54) is 22.2 Å². The molecule has 0 aliphatic heterocycles. The fraction of sp³-hybridized carbons (Fsp3) is 0. The Morgan fingerprint density at radius 2 is 1.00 bits per heavy atom. The second-order valence-corrected chi connectivity index (χ2v) is 14.5. The second kappa shape index (κ2) is 13.3. The van der Waals surface area contributed by atoms with Crippen LogP contribution < -0.4 is 0 Å². The summed E-state index contributed by atoms with van der Waals surface area (Å²) in [6.45, 7) is 0. The standard InChI is InChI=1S/C51H32N4S/c1-3-16-33(17-4-1)36-20-7-8-24-42(36)50-52-49(34-18-5-2-6-19-34)53-51(54-50)43-32-35(37-25-15-26-41-40-23-11-14-29-47(40)56-48(37)41)30-31-46(43)55-44-27-12-9-21-38(44)39-22-10-13-28-45(39)55/h1-32H/i9D,10D,21D,22D,27D,28D. The van der Waals surface area contributed by atoms with E-state index in [0.29, 0.717) is 28.7 Å². The van der Waals surface area contributed by atoms with Crippen LogP contribution in [0, 0.1) is 0 Å². The maximum atomic E-state index is 9.28. The zero-order valence-electron chi connectivity index (χ0n) is 35.7. The summed E-state index contributed by atoms with van der Waals surface area (Å²) in [4.78, 5) is 15.6. The molecule has 0 aliphatic carbocycles. The molecule has 0 saturated carbocycles. The molecule has 4 nitrogen and oxygen atoms in total. The number of hydrogen-bond acceptors (Lipinski definition) is 4. The smallest absolute Gasteiger partial charge is 0.166 e. The number of aromatic nitrogens is 4. The number of para-hydroxylation sites is 2. The minimum atomic E-state index is -0.181. The first-order valence-electron chi connectivity index (χ1n) is 21.3. The molecule has 5 heteroatoms. The lowest BCUT2D eigenvalue weighted by Crippen LogP contribution is -2.04. The zero-order chi connectivity index (χ0) is 42.2. The fourth-order valence-corrected chi connectivity index (χ4v) is 8.93. The Balaban J connectivity index is 1.27. The molecule has 0 unspecified atom stereocenters.